The summed E-state index contributed by atoms with van der Waals surface area (Å²) < 4.78 is 12.3. The first-order chi connectivity index (χ1) is 12.7. The topological polar surface area (TPSA) is 224 Å². The molecule has 0 aromatic carbocycles. The summed E-state index contributed by atoms with van der Waals surface area (Å²) in [7, 11) is -4.36. The van der Waals surface area contributed by atoms with Crippen LogP contribution < -0.4 is 0 Å². The zero-order valence-corrected chi connectivity index (χ0v) is 15.7. The van der Waals surface area contributed by atoms with Gasteiger partial charge in [-0.2, -0.15) is 0 Å². The van der Waals surface area contributed by atoms with Gasteiger partial charge in [-0.1, -0.05) is 0 Å². The first-order valence-corrected chi connectivity index (χ1v) is 10.2. The Balaban J connectivity index is 5.20. The molecule has 0 bridgehead atoms. The second-order valence-corrected chi connectivity index (χ2v) is 8.84. The Bertz CT molecular complexity index is 657. The van der Waals surface area contributed by atoms with Gasteiger partial charge < -0.3 is 30.4 Å². The molecule has 13 heteroatoms. The molecule has 12 nitrogen and oxygen atoms in total. The quantitative estimate of drug-likeness (QED) is 0.197. The molecule has 0 aromatic heterocycles. The number of carboxylic acids is 5. The minimum atomic E-state index is -4.36. The minimum absolute atomic E-state index is 0.374. The van der Waals surface area contributed by atoms with Crippen molar-refractivity contribution in [2.24, 2.45) is 17.8 Å². The van der Waals surface area contributed by atoms with Crippen LogP contribution in [0.5, 0.6) is 0 Å². The number of carbonyl (C=O) groups is 5. The molecule has 0 aromatic rings. The van der Waals surface area contributed by atoms with E-state index < -0.39 is 93.0 Å². The van der Waals surface area contributed by atoms with E-state index in [1.807, 2.05) is 0 Å². The average Bonchev–Trinajstić information content (AvgIpc) is 2.52. The van der Waals surface area contributed by atoms with Crippen LogP contribution in [0, 0.1) is 17.8 Å². The van der Waals surface area contributed by atoms with Gasteiger partial charge in [-0.05, 0) is 19.3 Å². The summed E-state index contributed by atoms with van der Waals surface area (Å²) in [5.41, 5.74) is 0. The Morgan fingerprint density at radius 1 is 0.643 bits per heavy atom. The Kier molecular flexibility index (Phi) is 10.4. The fourth-order valence-electron chi connectivity index (χ4n) is 2.59. The Hall–Kier alpha value is -2.46. The molecule has 0 amide bonds. The number of rotatable bonds is 15. The summed E-state index contributed by atoms with van der Waals surface area (Å²) in [5, 5.41) is 44.6. The molecule has 28 heavy (non-hydrogen) atoms. The summed E-state index contributed by atoms with van der Waals surface area (Å²) in [6.45, 7) is 0. The predicted molar refractivity (Wildman–Crippen MR) is 91.3 cm³/mol. The van der Waals surface area contributed by atoms with Gasteiger partial charge >= 0.3 is 29.8 Å². The number of hydrogen-bond acceptors (Lipinski definition) is 6. The summed E-state index contributed by atoms with van der Waals surface area (Å²) in [6.07, 6.45) is -4.26. The predicted octanol–water partition coefficient (Wildman–Crippen LogP) is 0.479. The molecule has 160 valence electrons. The van der Waals surface area contributed by atoms with Crippen LogP contribution >= 0.6 is 7.37 Å². The third-order valence-corrected chi connectivity index (χ3v) is 6.06. The summed E-state index contributed by atoms with van der Waals surface area (Å²) in [4.78, 5) is 64.9. The lowest BCUT2D eigenvalue weighted by atomic mass is 9.92. The third-order valence-electron chi connectivity index (χ3n) is 4.04. The monoisotopic (exact) mass is 426 g/mol. The number of carboxylic acid groups (broad SMARTS) is 5. The fraction of sp³-hybridized carbons (Fsp3) is 0.667. The van der Waals surface area contributed by atoms with E-state index in [2.05, 4.69) is 0 Å². The second-order valence-electron chi connectivity index (χ2n) is 6.42. The minimum Gasteiger partial charge on any atom is -0.481 e. The molecule has 0 aliphatic heterocycles. The second kappa shape index (κ2) is 11.4. The van der Waals surface area contributed by atoms with Crippen molar-refractivity contribution in [1.82, 2.24) is 0 Å². The summed E-state index contributed by atoms with van der Waals surface area (Å²) in [6, 6.07) is 0. The Labute approximate surface area is 159 Å². The van der Waals surface area contributed by atoms with Gasteiger partial charge in [0.15, 0.2) is 0 Å². The zero-order chi connectivity index (χ0) is 22.1. The highest BCUT2D eigenvalue weighted by Crippen LogP contribution is 2.46. The van der Waals surface area contributed by atoms with Crippen molar-refractivity contribution in [2.75, 3.05) is 12.3 Å². The van der Waals surface area contributed by atoms with E-state index in [-0.39, 0.29) is 6.42 Å². The SMILES string of the molecule is O=C(O)CCC(CC(CP(=O)(O)CC(CCC(=O)O)C(=O)O)C(=O)O)C(=O)O. The van der Waals surface area contributed by atoms with Crippen molar-refractivity contribution in [3.8, 4) is 0 Å². The van der Waals surface area contributed by atoms with Crippen molar-refractivity contribution >= 4 is 37.2 Å². The molecule has 0 aliphatic rings. The molecule has 0 radical (unpaired) electrons. The van der Waals surface area contributed by atoms with E-state index in [1.54, 1.807) is 0 Å². The molecular formula is C15H23O12P. The van der Waals surface area contributed by atoms with Gasteiger partial charge in [-0.3, -0.25) is 28.5 Å². The van der Waals surface area contributed by atoms with Gasteiger partial charge in [0.05, 0.1) is 17.8 Å². The highest BCUT2D eigenvalue weighted by molar-refractivity contribution is 7.58. The van der Waals surface area contributed by atoms with E-state index in [1.165, 1.54) is 0 Å². The first kappa shape index (κ1) is 25.5. The lowest BCUT2D eigenvalue weighted by Crippen LogP contribution is -2.27. The lowest BCUT2D eigenvalue weighted by molar-refractivity contribution is -0.146. The molecular weight excluding hydrogens is 403 g/mol. The normalized spacial score (nSPS) is 16.3. The highest BCUT2D eigenvalue weighted by atomic mass is 31.2. The Morgan fingerprint density at radius 2 is 1.00 bits per heavy atom. The average molecular weight is 426 g/mol. The van der Waals surface area contributed by atoms with Crippen LogP contribution in [0.1, 0.15) is 32.1 Å². The van der Waals surface area contributed by atoms with Gasteiger partial charge in [0.2, 0.25) is 7.37 Å². The van der Waals surface area contributed by atoms with Crippen LogP contribution in [-0.2, 0) is 28.5 Å². The first-order valence-electron chi connectivity index (χ1n) is 8.18. The number of hydrogen-bond donors (Lipinski definition) is 6. The zero-order valence-electron chi connectivity index (χ0n) is 14.8. The van der Waals surface area contributed by atoms with Crippen LogP contribution in [0.25, 0.3) is 0 Å². The van der Waals surface area contributed by atoms with Crippen molar-refractivity contribution in [1.29, 1.82) is 0 Å². The molecule has 0 spiro atoms. The fourth-order valence-corrected chi connectivity index (χ4v) is 4.76. The molecule has 6 N–H and O–H groups in total. The highest BCUT2D eigenvalue weighted by Gasteiger charge is 2.36. The van der Waals surface area contributed by atoms with Gasteiger partial charge in [0.1, 0.15) is 0 Å². The van der Waals surface area contributed by atoms with Crippen molar-refractivity contribution < 1.29 is 59.0 Å². The standard InChI is InChI=1S/C15H23O12P/c16-11(17)3-1-8(13(20)21)5-10(15(24)25)7-28(26,27)6-9(14(22)23)2-4-12(18)19/h8-10H,1-7H2,(H,16,17)(H,18,19)(H,20,21)(H,22,23)(H,24,25)(H,26,27). The third kappa shape index (κ3) is 10.6. The molecule has 0 saturated carbocycles. The van der Waals surface area contributed by atoms with E-state index in [9.17, 15) is 38.5 Å². The van der Waals surface area contributed by atoms with E-state index in [0.717, 1.165) is 0 Å². The van der Waals surface area contributed by atoms with Gasteiger partial charge in [-0.25, -0.2) is 0 Å². The summed E-state index contributed by atoms with van der Waals surface area (Å²) >= 11 is 0. The molecule has 4 unspecified atom stereocenters. The Morgan fingerprint density at radius 3 is 1.36 bits per heavy atom. The van der Waals surface area contributed by atoms with Crippen LogP contribution in [-0.4, -0.2) is 72.6 Å². The van der Waals surface area contributed by atoms with E-state index >= 15 is 0 Å². The molecule has 0 saturated heterocycles. The van der Waals surface area contributed by atoms with Gasteiger partial charge in [0, 0.05) is 25.2 Å². The molecule has 4 atom stereocenters. The smallest absolute Gasteiger partial charge is 0.307 e. The molecule has 0 aliphatic carbocycles. The van der Waals surface area contributed by atoms with Crippen LogP contribution in [0.15, 0.2) is 0 Å². The van der Waals surface area contributed by atoms with Crippen LogP contribution in [0.2, 0.25) is 0 Å². The maximum atomic E-state index is 12.3. The lowest BCUT2D eigenvalue weighted by Gasteiger charge is -2.22. The van der Waals surface area contributed by atoms with Crippen molar-refractivity contribution in [3.05, 3.63) is 0 Å². The molecule has 0 fully saturated rings. The van der Waals surface area contributed by atoms with Crippen molar-refractivity contribution in [3.63, 3.8) is 0 Å². The van der Waals surface area contributed by atoms with E-state index in [4.69, 9.17) is 20.4 Å². The number of aliphatic carboxylic acids is 5. The van der Waals surface area contributed by atoms with Crippen LogP contribution in [0.3, 0.4) is 0 Å². The van der Waals surface area contributed by atoms with Gasteiger partial charge in [0.25, 0.3) is 0 Å². The van der Waals surface area contributed by atoms with Crippen LogP contribution in [0.4, 0.5) is 0 Å². The molecule has 0 rings (SSSR count). The maximum Gasteiger partial charge on any atom is 0.307 e. The van der Waals surface area contributed by atoms with Gasteiger partial charge in [-0.15, -0.1) is 0 Å². The van der Waals surface area contributed by atoms with E-state index in [0.29, 0.717) is 0 Å². The maximum absolute atomic E-state index is 12.3. The molecule has 0 heterocycles. The van der Waals surface area contributed by atoms with Crippen molar-refractivity contribution in [2.45, 2.75) is 32.1 Å². The summed E-state index contributed by atoms with van der Waals surface area (Å²) in [5.74, 6) is -11.6. The largest absolute Gasteiger partial charge is 0.481 e.